The van der Waals surface area contributed by atoms with Crippen LogP contribution in [0.25, 0.3) is 0 Å². The Morgan fingerprint density at radius 3 is 2.79 bits per heavy atom. The van der Waals surface area contributed by atoms with Crippen LogP contribution in [0.2, 0.25) is 0 Å². The molecule has 0 aliphatic carbocycles. The monoisotopic (exact) mass is 265 g/mol. The molecule has 0 bridgehead atoms. The number of hydrogen-bond donors (Lipinski definition) is 3. The molecule has 0 saturated carbocycles. The first-order chi connectivity index (χ1) is 9.02. The Kier molecular flexibility index (Phi) is 6.32. The van der Waals surface area contributed by atoms with Gasteiger partial charge in [0.1, 0.15) is 0 Å². The van der Waals surface area contributed by atoms with Gasteiger partial charge in [0.15, 0.2) is 0 Å². The fourth-order valence-corrected chi connectivity index (χ4v) is 1.65. The molecule has 1 aromatic carbocycles. The summed E-state index contributed by atoms with van der Waals surface area (Å²) in [5, 5.41) is 5.53. The molecule has 0 radical (unpaired) electrons. The normalized spacial score (nSPS) is 13.7. The van der Waals surface area contributed by atoms with Gasteiger partial charge in [-0.3, -0.25) is 0 Å². The highest BCUT2D eigenvalue weighted by atomic mass is 16.5. The SMILES string of the molecule is CCOC(C)CNC(=O)Nc1cccc(C(C)N)c1. The van der Waals surface area contributed by atoms with Gasteiger partial charge < -0.3 is 21.1 Å². The van der Waals surface area contributed by atoms with Crippen molar-refractivity contribution in [3.05, 3.63) is 29.8 Å². The second kappa shape index (κ2) is 7.76. The summed E-state index contributed by atoms with van der Waals surface area (Å²) in [4.78, 5) is 11.7. The van der Waals surface area contributed by atoms with Crippen LogP contribution in [-0.4, -0.2) is 25.3 Å². The highest BCUT2D eigenvalue weighted by Crippen LogP contribution is 2.15. The standard InChI is InChI=1S/C14H23N3O2/c1-4-19-10(2)9-16-14(18)17-13-7-5-6-12(8-13)11(3)15/h5-8,10-11H,4,9,15H2,1-3H3,(H2,16,17,18). The summed E-state index contributed by atoms with van der Waals surface area (Å²) in [6.07, 6.45) is 0.00569. The average molecular weight is 265 g/mol. The van der Waals surface area contributed by atoms with Crippen molar-refractivity contribution in [3.8, 4) is 0 Å². The molecule has 19 heavy (non-hydrogen) atoms. The topological polar surface area (TPSA) is 76.4 Å². The van der Waals surface area contributed by atoms with Crippen LogP contribution in [0.15, 0.2) is 24.3 Å². The molecule has 5 heteroatoms. The Hall–Kier alpha value is -1.59. The molecule has 0 heterocycles. The number of carbonyl (C=O) groups excluding carboxylic acids is 1. The van der Waals surface area contributed by atoms with Gasteiger partial charge in [0.2, 0.25) is 0 Å². The summed E-state index contributed by atoms with van der Waals surface area (Å²) >= 11 is 0. The van der Waals surface area contributed by atoms with Crippen LogP contribution in [0, 0.1) is 0 Å². The Morgan fingerprint density at radius 1 is 1.42 bits per heavy atom. The molecule has 4 N–H and O–H groups in total. The summed E-state index contributed by atoms with van der Waals surface area (Å²) < 4.78 is 5.33. The molecule has 5 nitrogen and oxygen atoms in total. The Balaban J connectivity index is 2.46. The zero-order chi connectivity index (χ0) is 14.3. The number of nitrogens with one attached hydrogen (secondary N) is 2. The predicted octanol–water partition coefficient (Wildman–Crippen LogP) is 2.25. The van der Waals surface area contributed by atoms with Gasteiger partial charge in [-0.1, -0.05) is 12.1 Å². The molecular formula is C14H23N3O2. The van der Waals surface area contributed by atoms with E-state index in [1.807, 2.05) is 45.0 Å². The summed E-state index contributed by atoms with van der Waals surface area (Å²) in [7, 11) is 0. The number of nitrogens with two attached hydrogens (primary N) is 1. The van der Waals surface area contributed by atoms with Gasteiger partial charge in [-0.15, -0.1) is 0 Å². The number of urea groups is 1. The van der Waals surface area contributed by atoms with Crippen LogP contribution in [-0.2, 0) is 4.74 Å². The van der Waals surface area contributed by atoms with E-state index >= 15 is 0 Å². The maximum absolute atomic E-state index is 11.7. The molecule has 106 valence electrons. The number of carbonyl (C=O) groups is 1. The Labute approximate surface area is 114 Å². The number of benzene rings is 1. The van der Waals surface area contributed by atoms with E-state index in [9.17, 15) is 4.79 Å². The van der Waals surface area contributed by atoms with Crippen molar-refractivity contribution in [2.75, 3.05) is 18.5 Å². The third-order valence-corrected chi connectivity index (χ3v) is 2.67. The van der Waals surface area contributed by atoms with Gasteiger partial charge in [0.25, 0.3) is 0 Å². The molecule has 0 fully saturated rings. The lowest BCUT2D eigenvalue weighted by atomic mass is 10.1. The number of ether oxygens (including phenoxy) is 1. The van der Waals surface area contributed by atoms with Crippen molar-refractivity contribution >= 4 is 11.7 Å². The van der Waals surface area contributed by atoms with Crippen LogP contribution in [0.5, 0.6) is 0 Å². The van der Waals surface area contributed by atoms with Gasteiger partial charge >= 0.3 is 6.03 Å². The summed E-state index contributed by atoms with van der Waals surface area (Å²) in [6, 6.07) is 7.21. The molecule has 2 amide bonds. The van der Waals surface area contributed by atoms with E-state index in [-0.39, 0.29) is 18.2 Å². The van der Waals surface area contributed by atoms with E-state index in [0.717, 1.165) is 11.3 Å². The fraction of sp³-hybridized carbons (Fsp3) is 0.500. The minimum atomic E-state index is -0.242. The predicted molar refractivity (Wildman–Crippen MR) is 77.2 cm³/mol. The van der Waals surface area contributed by atoms with Crippen molar-refractivity contribution in [1.29, 1.82) is 0 Å². The lowest BCUT2D eigenvalue weighted by molar-refractivity contribution is 0.0780. The minimum Gasteiger partial charge on any atom is -0.377 e. The lowest BCUT2D eigenvalue weighted by Crippen LogP contribution is -2.35. The number of hydrogen-bond acceptors (Lipinski definition) is 3. The minimum absolute atomic E-state index is 0.00569. The van der Waals surface area contributed by atoms with E-state index in [1.165, 1.54) is 0 Å². The molecule has 2 atom stereocenters. The molecule has 1 rings (SSSR count). The Bertz CT molecular complexity index is 407. The first-order valence-electron chi connectivity index (χ1n) is 6.55. The van der Waals surface area contributed by atoms with E-state index in [2.05, 4.69) is 10.6 Å². The third kappa shape index (κ3) is 5.72. The maximum Gasteiger partial charge on any atom is 0.319 e. The van der Waals surface area contributed by atoms with Crippen molar-refractivity contribution in [3.63, 3.8) is 0 Å². The molecular weight excluding hydrogens is 242 g/mol. The Morgan fingerprint density at radius 2 is 2.16 bits per heavy atom. The van der Waals surface area contributed by atoms with Gasteiger partial charge in [-0.2, -0.15) is 0 Å². The third-order valence-electron chi connectivity index (χ3n) is 2.67. The highest BCUT2D eigenvalue weighted by Gasteiger charge is 2.06. The van der Waals surface area contributed by atoms with Crippen molar-refractivity contribution in [1.82, 2.24) is 5.32 Å². The lowest BCUT2D eigenvalue weighted by Gasteiger charge is -2.14. The van der Waals surface area contributed by atoms with Crippen LogP contribution in [0.1, 0.15) is 32.4 Å². The zero-order valence-electron chi connectivity index (χ0n) is 11.8. The first kappa shape index (κ1) is 15.5. The van der Waals surface area contributed by atoms with E-state index < -0.39 is 0 Å². The van der Waals surface area contributed by atoms with E-state index in [4.69, 9.17) is 10.5 Å². The molecule has 2 unspecified atom stereocenters. The maximum atomic E-state index is 11.7. The number of amides is 2. The van der Waals surface area contributed by atoms with E-state index in [0.29, 0.717) is 13.2 Å². The van der Waals surface area contributed by atoms with Crippen LogP contribution in [0.3, 0.4) is 0 Å². The van der Waals surface area contributed by atoms with Crippen molar-refractivity contribution < 1.29 is 9.53 Å². The molecule has 0 aliphatic heterocycles. The number of anilines is 1. The molecule has 0 aromatic heterocycles. The summed E-state index contributed by atoms with van der Waals surface area (Å²) in [5.41, 5.74) is 7.52. The largest absolute Gasteiger partial charge is 0.377 e. The van der Waals surface area contributed by atoms with Crippen molar-refractivity contribution in [2.45, 2.75) is 32.9 Å². The summed E-state index contributed by atoms with van der Waals surface area (Å²) in [5.74, 6) is 0. The average Bonchev–Trinajstić information content (AvgIpc) is 2.37. The molecule has 0 saturated heterocycles. The number of rotatable bonds is 6. The molecule has 1 aromatic rings. The zero-order valence-corrected chi connectivity index (χ0v) is 11.8. The molecule has 0 spiro atoms. The smallest absolute Gasteiger partial charge is 0.319 e. The highest BCUT2D eigenvalue weighted by molar-refractivity contribution is 5.89. The van der Waals surface area contributed by atoms with Gasteiger partial charge in [-0.05, 0) is 38.5 Å². The summed E-state index contributed by atoms with van der Waals surface area (Å²) in [6.45, 7) is 6.87. The second-order valence-electron chi connectivity index (χ2n) is 4.52. The van der Waals surface area contributed by atoms with Gasteiger partial charge in [0.05, 0.1) is 6.10 Å². The van der Waals surface area contributed by atoms with Crippen molar-refractivity contribution in [2.24, 2.45) is 5.73 Å². The quantitative estimate of drug-likeness (QED) is 0.738. The van der Waals surface area contributed by atoms with Gasteiger partial charge in [-0.25, -0.2) is 4.79 Å². The fourth-order valence-electron chi connectivity index (χ4n) is 1.65. The van der Waals surface area contributed by atoms with E-state index in [1.54, 1.807) is 0 Å². The van der Waals surface area contributed by atoms with Crippen LogP contribution < -0.4 is 16.4 Å². The van der Waals surface area contributed by atoms with Crippen LogP contribution >= 0.6 is 0 Å². The van der Waals surface area contributed by atoms with Crippen LogP contribution in [0.4, 0.5) is 10.5 Å². The molecule has 0 aliphatic rings. The first-order valence-corrected chi connectivity index (χ1v) is 6.55. The van der Waals surface area contributed by atoms with Gasteiger partial charge in [0, 0.05) is 24.9 Å². The second-order valence-corrected chi connectivity index (χ2v) is 4.52.